The quantitative estimate of drug-likeness (QED) is 0.144. The van der Waals surface area contributed by atoms with Gasteiger partial charge in [-0.15, -0.1) is 0 Å². The van der Waals surface area contributed by atoms with Gasteiger partial charge in [0.05, 0.1) is 37.8 Å². The Labute approximate surface area is 295 Å². The Morgan fingerprint density at radius 2 is 1.40 bits per heavy atom. The van der Waals surface area contributed by atoms with Crippen molar-refractivity contribution >= 4 is 63.9 Å². The second-order valence-corrected chi connectivity index (χ2v) is 16.3. The number of benzene rings is 4. The van der Waals surface area contributed by atoms with Gasteiger partial charge in [-0.2, -0.15) is 16.8 Å². The molecule has 0 amide bonds. The number of carbonyl (C=O) groups excluding carboxylic acids is 2. The Hall–Kier alpha value is -5.85. The standard InChI is InChI=1S/C35H23N3O11S3/c1-38-26-15-14-25(37-24-13-12-20(18-27(24)52(47,48)49)50(42,43)28-11-4-5-16-36-28)30-31(26)29(22-9-2-3-10-23(22)34(30)40)32(35(38)41)33(39)19-7-6-8-21(17-19)51(44,45)46/h2-18,37H,1H3,(H,44,45,46)(H,47,48,49). The summed E-state index contributed by atoms with van der Waals surface area (Å²) in [5.41, 5.74) is -1.32. The normalized spacial score (nSPS) is 12.8. The van der Waals surface area contributed by atoms with Crippen LogP contribution in [0.15, 0.2) is 128 Å². The molecule has 0 aliphatic heterocycles. The molecule has 14 nitrogen and oxygen atoms in total. The lowest BCUT2D eigenvalue weighted by molar-refractivity contribution is 0.102. The van der Waals surface area contributed by atoms with Crippen molar-refractivity contribution in [2.75, 3.05) is 5.32 Å². The molecule has 0 saturated carbocycles. The number of hydrogen-bond acceptors (Lipinski definition) is 11. The van der Waals surface area contributed by atoms with Gasteiger partial charge in [0.2, 0.25) is 9.84 Å². The number of fused-ring (bicyclic) bond motifs is 2. The first-order chi connectivity index (χ1) is 24.5. The van der Waals surface area contributed by atoms with E-state index in [1.807, 2.05) is 0 Å². The zero-order chi connectivity index (χ0) is 37.3. The number of anilines is 2. The smallest absolute Gasteiger partial charge is 0.296 e. The lowest BCUT2D eigenvalue weighted by atomic mass is 9.80. The highest BCUT2D eigenvalue weighted by atomic mass is 32.2. The molecule has 52 heavy (non-hydrogen) atoms. The fraction of sp³-hybridized carbons (Fsp3) is 0.0286. The highest BCUT2D eigenvalue weighted by Crippen LogP contribution is 2.44. The summed E-state index contributed by atoms with van der Waals surface area (Å²) in [6.45, 7) is 0. The maximum Gasteiger partial charge on any atom is 0.296 e. The average molecular weight is 758 g/mol. The summed E-state index contributed by atoms with van der Waals surface area (Å²) in [5, 5.41) is 2.58. The molecule has 0 radical (unpaired) electrons. The van der Waals surface area contributed by atoms with Gasteiger partial charge >= 0.3 is 0 Å². The van der Waals surface area contributed by atoms with E-state index in [-0.39, 0.29) is 55.1 Å². The molecule has 17 heteroatoms. The SMILES string of the molecule is Cn1c(=O)c(C(=O)c2cccc(S(=O)(=O)O)c2)c2c3c(c(Nc4ccc(S(=O)(=O)c5ccccn5)cc4S(=O)(=O)O)ccc31)C(=O)c1ccccc1-2. The molecule has 0 fully saturated rings. The molecule has 2 aromatic heterocycles. The van der Waals surface area contributed by atoms with Gasteiger partial charge in [0.25, 0.3) is 25.8 Å². The molecule has 1 aliphatic rings. The molecular weight excluding hydrogens is 735 g/mol. The summed E-state index contributed by atoms with van der Waals surface area (Å²) in [7, 11) is -12.8. The van der Waals surface area contributed by atoms with Gasteiger partial charge in [-0.05, 0) is 60.2 Å². The Balaban J connectivity index is 1.48. The lowest BCUT2D eigenvalue weighted by Gasteiger charge is -2.26. The number of aromatic nitrogens is 2. The molecular formula is C35H23N3O11S3. The van der Waals surface area contributed by atoms with Crippen LogP contribution in [-0.2, 0) is 37.1 Å². The fourth-order valence-corrected chi connectivity index (χ4v) is 8.68. The summed E-state index contributed by atoms with van der Waals surface area (Å²) in [5.74, 6) is -1.49. The maximum absolute atomic E-state index is 14.3. The van der Waals surface area contributed by atoms with Crippen molar-refractivity contribution in [1.29, 1.82) is 0 Å². The van der Waals surface area contributed by atoms with Crippen molar-refractivity contribution < 1.29 is 43.9 Å². The Kier molecular flexibility index (Phi) is 8.07. The van der Waals surface area contributed by atoms with E-state index in [2.05, 4.69) is 10.3 Å². The first-order valence-electron chi connectivity index (χ1n) is 15.0. The van der Waals surface area contributed by atoms with E-state index < -0.39 is 67.4 Å². The van der Waals surface area contributed by atoms with E-state index in [4.69, 9.17) is 0 Å². The molecule has 0 spiro atoms. The first-order valence-corrected chi connectivity index (χ1v) is 19.4. The van der Waals surface area contributed by atoms with Crippen LogP contribution >= 0.6 is 0 Å². The molecule has 0 bridgehead atoms. The molecule has 262 valence electrons. The Morgan fingerprint density at radius 3 is 2.08 bits per heavy atom. The van der Waals surface area contributed by atoms with Gasteiger partial charge in [-0.25, -0.2) is 13.4 Å². The van der Waals surface area contributed by atoms with E-state index in [0.717, 1.165) is 34.9 Å². The molecule has 2 heterocycles. The van der Waals surface area contributed by atoms with Crippen molar-refractivity contribution in [3.05, 3.63) is 136 Å². The molecule has 1 aliphatic carbocycles. The van der Waals surface area contributed by atoms with Crippen LogP contribution in [0.3, 0.4) is 0 Å². The zero-order valence-electron chi connectivity index (χ0n) is 26.5. The first kappa shape index (κ1) is 34.6. The highest BCUT2D eigenvalue weighted by Gasteiger charge is 2.35. The monoisotopic (exact) mass is 757 g/mol. The van der Waals surface area contributed by atoms with Gasteiger partial charge < -0.3 is 9.88 Å². The second kappa shape index (κ2) is 12.1. The molecule has 0 atom stereocenters. The Bertz CT molecular complexity index is 2960. The highest BCUT2D eigenvalue weighted by molar-refractivity contribution is 7.91. The number of nitrogens with one attached hydrogen (secondary N) is 1. The van der Waals surface area contributed by atoms with E-state index in [0.29, 0.717) is 0 Å². The van der Waals surface area contributed by atoms with Crippen molar-refractivity contribution in [2.24, 2.45) is 7.05 Å². The van der Waals surface area contributed by atoms with Gasteiger partial charge in [-0.1, -0.05) is 42.5 Å². The zero-order valence-corrected chi connectivity index (χ0v) is 29.0. The third kappa shape index (κ3) is 5.60. The number of pyridine rings is 2. The van der Waals surface area contributed by atoms with E-state index in [1.165, 1.54) is 67.8 Å². The minimum atomic E-state index is -5.09. The number of hydrogen-bond donors (Lipinski definition) is 3. The second-order valence-electron chi connectivity index (χ2n) is 11.6. The number of rotatable bonds is 8. The predicted molar refractivity (Wildman–Crippen MR) is 187 cm³/mol. The van der Waals surface area contributed by atoms with Crippen LogP contribution < -0.4 is 10.9 Å². The van der Waals surface area contributed by atoms with Gasteiger partial charge in [0, 0.05) is 35.3 Å². The van der Waals surface area contributed by atoms with Crippen LogP contribution in [0.25, 0.3) is 22.0 Å². The third-order valence-electron chi connectivity index (χ3n) is 8.58. The number of aryl methyl sites for hydroxylation is 1. The van der Waals surface area contributed by atoms with Crippen LogP contribution in [0.1, 0.15) is 31.8 Å². The van der Waals surface area contributed by atoms with E-state index in [1.54, 1.807) is 12.1 Å². The van der Waals surface area contributed by atoms with Crippen LogP contribution in [0.4, 0.5) is 11.4 Å². The molecule has 3 N–H and O–H groups in total. The third-order valence-corrected chi connectivity index (χ3v) is 12.0. The lowest BCUT2D eigenvalue weighted by Crippen LogP contribution is -2.29. The predicted octanol–water partition coefficient (Wildman–Crippen LogP) is 4.45. The summed E-state index contributed by atoms with van der Waals surface area (Å²) < 4.78 is 96.5. The van der Waals surface area contributed by atoms with Crippen LogP contribution in [-0.4, -0.2) is 55.5 Å². The minimum Gasteiger partial charge on any atom is -0.354 e. The van der Waals surface area contributed by atoms with E-state index >= 15 is 0 Å². The Morgan fingerprint density at radius 1 is 0.712 bits per heavy atom. The molecule has 7 rings (SSSR count). The minimum absolute atomic E-state index is 0.0242. The van der Waals surface area contributed by atoms with Crippen molar-refractivity contribution in [2.45, 2.75) is 19.7 Å². The molecule has 0 unspecified atom stereocenters. The van der Waals surface area contributed by atoms with Crippen LogP contribution in [0.5, 0.6) is 0 Å². The number of nitrogens with zero attached hydrogens (tertiary/aromatic N) is 2. The van der Waals surface area contributed by atoms with Crippen molar-refractivity contribution in [1.82, 2.24) is 9.55 Å². The molecule has 6 aromatic rings. The van der Waals surface area contributed by atoms with Crippen molar-refractivity contribution in [3.8, 4) is 11.1 Å². The van der Waals surface area contributed by atoms with Gasteiger partial charge in [0.15, 0.2) is 16.6 Å². The molecule has 4 aromatic carbocycles. The van der Waals surface area contributed by atoms with Crippen molar-refractivity contribution in [3.63, 3.8) is 0 Å². The summed E-state index contributed by atoms with van der Waals surface area (Å²) in [4.78, 5) is 44.3. The fourth-order valence-electron chi connectivity index (χ4n) is 6.19. The number of ketones is 2. The van der Waals surface area contributed by atoms with Crippen LogP contribution in [0.2, 0.25) is 0 Å². The average Bonchev–Trinajstić information content (AvgIpc) is 3.12. The topological polar surface area (TPSA) is 224 Å². The van der Waals surface area contributed by atoms with Crippen LogP contribution in [0, 0.1) is 0 Å². The summed E-state index contributed by atoms with van der Waals surface area (Å²) >= 11 is 0. The number of sulfone groups is 1. The van der Waals surface area contributed by atoms with Gasteiger partial charge in [0.1, 0.15) is 4.90 Å². The van der Waals surface area contributed by atoms with Gasteiger partial charge in [-0.3, -0.25) is 23.5 Å². The largest absolute Gasteiger partial charge is 0.354 e. The summed E-state index contributed by atoms with van der Waals surface area (Å²) in [6.07, 6.45) is 1.24. The summed E-state index contributed by atoms with van der Waals surface area (Å²) in [6, 6.07) is 20.5. The number of carbonyl (C=O) groups is 2. The molecule has 0 saturated heterocycles. The maximum atomic E-state index is 14.3. The van der Waals surface area contributed by atoms with E-state index in [9.17, 15) is 48.7 Å².